The van der Waals surface area contributed by atoms with E-state index in [2.05, 4.69) is 11.9 Å². The number of benzene rings is 1. The minimum absolute atomic E-state index is 0.162. The molecule has 1 heterocycles. The Morgan fingerprint density at radius 2 is 2.04 bits per heavy atom. The largest absolute Gasteiger partial charge is 0.303 e. The van der Waals surface area contributed by atoms with E-state index in [9.17, 15) is 9.18 Å². The van der Waals surface area contributed by atoms with Gasteiger partial charge in [0.1, 0.15) is 5.82 Å². The fourth-order valence-corrected chi connectivity index (χ4v) is 4.63. The van der Waals surface area contributed by atoms with Gasteiger partial charge in [0.25, 0.3) is 5.91 Å². The third-order valence-corrected chi connectivity index (χ3v) is 5.92. The standard InChI is InChI=1S/C19H27FN2O2/c1-22-13-19(6-3-2-4-7-19)8-5-17(22)11-14-9-15(18(23)21-24)12-16(20)10-14/h9-10,12,17,24H,2-8,11,13H2,1H3,(H,21,23)/t17-/m1/s1. The van der Waals surface area contributed by atoms with Crippen LogP contribution in [0.15, 0.2) is 18.2 Å². The highest BCUT2D eigenvalue weighted by molar-refractivity contribution is 5.93. The van der Waals surface area contributed by atoms with Gasteiger partial charge < -0.3 is 4.90 Å². The van der Waals surface area contributed by atoms with Crippen LogP contribution in [0.2, 0.25) is 0 Å². The summed E-state index contributed by atoms with van der Waals surface area (Å²) in [7, 11) is 2.17. The minimum atomic E-state index is -0.672. The van der Waals surface area contributed by atoms with Gasteiger partial charge in [0, 0.05) is 18.2 Å². The summed E-state index contributed by atoms with van der Waals surface area (Å²) in [4.78, 5) is 14.0. The lowest BCUT2D eigenvalue weighted by atomic mass is 9.68. The molecule has 1 saturated carbocycles. The number of hydrogen-bond donors (Lipinski definition) is 2. The maximum Gasteiger partial charge on any atom is 0.274 e. The summed E-state index contributed by atoms with van der Waals surface area (Å²) in [6, 6.07) is 4.70. The molecule has 1 amide bonds. The number of hydrogen-bond acceptors (Lipinski definition) is 3. The second-order valence-corrected chi connectivity index (χ2v) is 7.66. The van der Waals surface area contributed by atoms with Crippen molar-refractivity contribution in [3.63, 3.8) is 0 Å². The van der Waals surface area contributed by atoms with E-state index in [-0.39, 0.29) is 5.56 Å². The molecule has 1 saturated heterocycles. The number of rotatable bonds is 3. The van der Waals surface area contributed by atoms with E-state index < -0.39 is 11.7 Å². The van der Waals surface area contributed by atoms with E-state index in [1.54, 1.807) is 11.5 Å². The highest BCUT2D eigenvalue weighted by Crippen LogP contribution is 2.44. The number of likely N-dealkylation sites (N-methyl/N-ethyl adjacent to an activating group) is 1. The molecule has 3 rings (SSSR count). The van der Waals surface area contributed by atoms with Gasteiger partial charge in [-0.05, 0) is 68.3 Å². The van der Waals surface area contributed by atoms with E-state index in [0.717, 1.165) is 31.0 Å². The molecule has 0 bridgehead atoms. The summed E-state index contributed by atoms with van der Waals surface area (Å²) in [5.41, 5.74) is 3.04. The molecule has 2 fully saturated rings. The monoisotopic (exact) mass is 334 g/mol. The van der Waals surface area contributed by atoms with Gasteiger partial charge in [0.05, 0.1) is 0 Å². The van der Waals surface area contributed by atoms with Crippen molar-refractivity contribution in [1.29, 1.82) is 0 Å². The maximum atomic E-state index is 13.8. The van der Waals surface area contributed by atoms with Crippen molar-refractivity contribution in [1.82, 2.24) is 10.4 Å². The van der Waals surface area contributed by atoms with Gasteiger partial charge in [0.2, 0.25) is 0 Å². The normalized spacial score (nSPS) is 24.0. The van der Waals surface area contributed by atoms with Crippen molar-refractivity contribution in [3.8, 4) is 0 Å². The number of nitrogens with one attached hydrogen (secondary N) is 1. The zero-order chi connectivity index (χ0) is 17.2. The highest BCUT2D eigenvalue weighted by Gasteiger charge is 2.38. The molecule has 24 heavy (non-hydrogen) atoms. The van der Waals surface area contributed by atoms with Crippen LogP contribution in [-0.4, -0.2) is 35.6 Å². The quantitative estimate of drug-likeness (QED) is 0.657. The first-order chi connectivity index (χ1) is 11.5. The van der Waals surface area contributed by atoms with Crippen molar-refractivity contribution in [3.05, 3.63) is 35.1 Å². The van der Waals surface area contributed by atoms with Crippen molar-refractivity contribution >= 4 is 5.91 Å². The Morgan fingerprint density at radius 3 is 2.71 bits per heavy atom. The average molecular weight is 334 g/mol. The molecule has 2 aliphatic rings. The van der Waals surface area contributed by atoms with Crippen LogP contribution in [0.5, 0.6) is 0 Å². The average Bonchev–Trinajstić information content (AvgIpc) is 2.57. The molecule has 1 aliphatic heterocycles. The number of halogens is 1. The van der Waals surface area contributed by atoms with E-state index >= 15 is 0 Å². The van der Waals surface area contributed by atoms with Gasteiger partial charge in [-0.15, -0.1) is 0 Å². The number of carbonyl (C=O) groups is 1. The zero-order valence-corrected chi connectivity index (χ0v) is 14.4. The summed E-state index contributed by atoms with van der Waals surface area (Å²) >= 11 is 0. The second-order valence-electron chi connectivity index (χ2n) is 7.66. The molecule has 5 heteroatoms. The third-order valence-electron chi connectivity index (χ3n) is 5.92. The second kappa shape index (κ2) is 7.19. The first kappa shape index (κ1) is 17.4. The van der Waals surface area contributed by atoms with Gasteiger partial charge >= 0.3 is 0 Å². The molecule has 0 aromatic heterocycles. The molecule has 1 atom stereocenters. The molecule has 0 radical (unpaired) electrons. The Kier molecular flexibility index (Phi) is 5.21. The lowest BCUT2D eigenvalue weighted by Gasteiger charge is -2.48. The first-order valence-corrected chi connectivity index (χ1v) is 8.95. The van der Waals surface area contributed by atoms with E-state index in [0.29, 0.717) is 11.5 Å². The van der Waals surface area contributed by atoms with Crippen molar-refractivity contribution in [2.45, 2.75) is 57.4 Å². The van der Waals surface area contributed by atoms with Crippen LogP contribution < -0.4 is 5.48 Å². The number of amides is 1. The molecule has 1 aromatic carbocycles. The Labute approximate surface area is 143 Å². The van der Waals surface area contributed by atoms with Crippen LogP contribution in [0, 0.1) is 11.2 Å². The predicted octanol–water partition coefficient (Wildman–Crippen LogP) is 3.53. The summed E-state index contributed by atoms with van der Waals surface area (Å²) in [6.45, 7) is 1.12. The fraction of sp³-hybridized carbons (Fsp3) is 0.632. The molecule has 132 valence electrons. The van der Waals surface area contributed by atoms with Gasteiger partial charge in [0.15, 0.2) is 0 Å². The van der Waals surface area contributed by atoms with Crippen LogP contribution in [0.25, 0.3) is 0 Å². The Bertz CT molecular complexity index is 599. The van der Waals surface area contributed by atoms with Crippen LogP contribution in [0.1, 0.15) is 60.9 Å². The molecule has 1 spiro atoms. The Hall–Kier alpha value is -1.46. The van der Waals surface area contributed by atoms with Crippen LogP contribution in [-0.2, 0) is 6.42 Å². The number of hydroxylamine groups is 1. The topological polar surface area (TPSA) is 52.6 Å². The van der Waals surface area contributed by atoms with Crippen LogP contribution >= 0.6 is 0 Å². The minimum Gasteiger partial charge on any atom is -0.303 e. The summed E-state index contributed by atoms with van der Waals surface area (Å²) < 4.78 is 13.8. The molecule has 2 N–H and O–H groups in total. The first-order valence-electron chi connectivity index (χ1n) is 8.95. The number of piperidine rings is 1. The van der Waals surface area contributed by atoms with Crippen molar-refractivity contribution in [2.75, 3.05) is 13.6 Å². The maximum absolute atomic E-state index is 13.8. The molecule has 4 nitrogen and oxygen atoms in total. The number of nitrogens with zero attached hydrogens (tertiary/aromatic N) is 1. The number of likely N-dealkylation sites (tertiary alicyclic amines) is 1. The molecule has 1 aliphatic carbocycles. The number of carbonyl (C=O) groups excluding carboxylic acids is 1. The summed E-state index contributed by atoms with van der Waals surface area (Å²) in [6.07, 6.45) is 9.85. The van der Waals surface area contributed by atoms with E-state index in [4.69, 9.17) is 5.21 Å². The summed E-state index contributed by atoms with van der Waals surface area (Å²) in [5, 5.41) is 8.74. The summed E-state index contributed by atoms with van der Waals surface area (Å²) in [5.74, 6) is -1.11. The molecule has 0 unspecified atom stereocenters. The van der Waals surface area contributed by atoms with E-state index in [1.807, 2.05) is 0 Å². The van der Waals surface area contributed by atoms with E-state index in [1.165, 1.54) is 44.6 Å². The van der Waals surface area contributed by atoms with Crippen molar-refractivity contribution in [2.24, 2.45) is 5.41 Å². The van der Waals surface area contributed by atoms with Gasteiger partial charge in [-0.25, -0.2) is 9.87 Å². The van der Waals surface area contributed by atoms with Gasteiger partial charge in [-0.3, -0.25) is 10.0 Å². The van der Waals surface area contributed by atoms with Crippen LogP contribution in [0.4, 0.5) is 4.39 Å². The SMILES string of the molecule is CN1CC2(CCCCC2)CC[C@@H]1Cc1cc(F)cc(C(=O)NO)c1. The zero-order valence-electron chi connectivity index (χ0n) is 14.4. The van der Waals surface area contributed by atoms with Gasteiger partial charge in [-0.1, -0.05) is 19.3 Å². The van der Waals surface area contributed by atoms with Crippen LogP contribution in [0.3, 0.4) is 0 Å². The predicted molar refractivity (Wildman–Crippen MR) is 90.5 cm³/mol. The third kappa shape index (κ3) is 3.78. The fourth-order valence-electron chi connectivity index (χ4n) is 4.63. The highest BCUT2D eigenvalue weighted by atomic mass is 19.1. The Morgan fingerprint density at radius 1 is 1.29 bits per heavy atom. The molecule has 1 aromatic rings. The smallest absolute Gasteiger partial charge is 0.274 e. The lowest BCUT2D eigenvalue weighted by Crippen LogP contribution is -2.48. The Balaban J connectivity index is 1.68. The van der Waals surface area contributed by atoms with Crippen molar-refractivity contribution < 1.29 is 14.4 Å². The lowest BCUT2D eigenvalue weighted by molar-refractivity contribution is 0.0326. The molecular weight excluding hydrogens is 307 g/mol. The molecular formula is C19H27FN2O2. The van der Waals surface area contributed by atoms with Gasteiger partial charge in [-0.2, -0.15) is 0 Å².